The van der Waals surface area contributed by atoms with Crippen molar-refractivity contribution >= 4 is 5.82 Å². The lowest BCUT2D eigenvalue weighted by Crippen LogP contribution is -2.41. The molecule has 1 atom stereocenters. The molecule has 0 saturated carbocycles. The molecule has 2 aliphatic rings. The molecule has 3 heterocycles. The van der Waals surface area contributed by atoms with Crippen molar-refractivity contribution in [1.82, 2.24) is 15.3 Å². The van der Waals surface area contributed by atoms with Crippen LogP contribution in [0.25, 0.3) is 0 Å². The van der Waals surface area contributed by atoms with Gasteiger partial charge < -0.3 is 10.2 Å². The molecule has 1 aromatic rings. The molecule has 0 bridgehead atoms. The van der Waals surface area contributed by atoms with E-state index in [1.54, 1.807) is 12.4 Å². The van der Waals surface area contributed by atoms with Crippen molar-refractivity contribution in [1.29, 1.82) is 5.26 Å². The van der Waals surface area contributed by atoms with Crippen molar-refractivity contribution in [2.45, 2.75) is 31.7 Å². The molecule has 100 valence electrons. The fraction of sp³-hybridized carbons (Fsp3) is 0.643. The molecule has 2 fully saturated rings. The highest BCUT2D eigenvalue weighted by molar-refractivity contribution is 5.49. The molecule has 5 heteroatoms. The zero-order valence-electron chi connectivity index (χ0n) is 11.0. The quantitative estimate of drug-likeness (QED) is 0.865. The summed E-state index contributed by atoms with van der Waals surface area (Å²) in [6, 6.07) is 2.84. The van der Waals surface area contributed by atoms with Gasteiger partial charge in [-0.15, -0.1) is 0 Å². The monoisotopic (exact) mass is 257 g/mol. The average molecular weight is 257 g/mol. The van der Waals surface area contributed by atoms with Gasteiger partial charge in [-0.3, -0.25) is 0 Å². The van der Waals surface area contributed by atoms with E-state index in [9.17, 15) is 0 Å². The number of anilines is 1. The zero-order valence-corrected chi connectivity index (χ0v) is 11.0. The Labute approximate surface area is 113 Å². The van der Waals surface area contributed by atoms with Crippen LogP contribution in [0.1, 0.15) is 31.4 Å². The first kappa shape index (κ1) is 12.4. The Morgan fingerprint density at radius 3 is 2.68 bits per heavy atom. The molecular formula is C14H19N5. The Morgan fingerprint density at radius 2 is 2.00 bits per heavy atom. The van der Waals surface area contributed by atoms with Gasteiger partial charge in [0.25, 0.3) is 0 Å². The molecule has 0 spiro atoms. The first-order chi connectivity index (χ1) is 9.38. The first-order valence-electron chi connectivity index (χ1n) is 7.08. The van der Waals surface area contributed by atoms with Crippen LogP contribution in [0.4, 0.5) is 5.82 Å². The van der Waals surface area contributed by atoms with E-state index < -0.39 is 0 Å². The van der Waals surface area contributed by atoms with Gasteiger partial charge in [0, 0.05) is 31.5 Å². The molecule has 0 aromatic carbocycles. The minimum Gasteiger partial charge on any atom is -0.354 e. The summed E-state index contributed by atoms with van der Waals surface area (Å²) in [5.74, 6) is 1.53. The Morgan fingerprint density at radius 1 is 1.21 bits per heavy atom. The maximum atomic E-state index is 9.08. The van der Waals surface area contributed by atoms with Crippen LogP contribution in [0.15, 0.2) is 12.4 Å². The van der Waals surface area contributed by atoms with Crippen LogP contribution in [0.3, 0.4) is 0 Å². The maximum absolute atomic E-state index is 9.08. The van der Waals surface area contributed by atoms with Gasteiger partial charge in [-0.25, -0.2) is 9.97 Å². The summed E-state index contributed by atoms with van der Waals surface area (Å²) in [7, 11) is 0. The summed E-state index contributed by atoms with van der Waals surface area (Å²) in [6.07, 6.45) is 8.24. The van der Waals surface area contributed by atoms with E-state index >= 15 is 0 Å². The molecule has 2 aliphatic heterocycles. The molecule has 1 N–H and O–H groups in total. The van der Waals surface area contributed by atoms with Crippen LogP contribution >= 0.6 is 0 Å². The predicted octanol–water partition coefficient (Wildman–Crippen LogP) is 1.32. The van der Waals surface area contributed by atoms with Gasteiger partial charge in [0.15, 0.2) is 11.5 Å². The van der Waals surface area contributed by atoms with Gasteiger partial charge >= 0.3 is 0 Å². The number of nitrogens with one attached hydrogen (secondary N) is 1. The summed E-state index contributed by atoms with van der Waals surface area (Å²) < 4.78 is 0. The van der Waals surface area contributed by atoms with E-state index in [1.165, 1.54) is 32.2 Å². The molecule has 0 aliphatic carbocycles. The zero-order chi connectivity index (χ0) is 13.1. The van der Waals surface area contributed by atoms with Crippen LogP contribution in [0.2, 0.25) is 0 Å². The highest BCUT2D eigenvalue weighted by atomic mass is 15.2. The van der Waals surface area contributed by atoms with Gasteiger partial charge in [-0.1, -0.05) is 0 Å². The van der Waals surface area contributed by atoms with Crippen LogP contribution in [0, 0.1) is 17.2 Å². The summed E-state index contributed by atoms with van der Waals surface area (Å²) >= 11 is 0. The van der Waals surface area contributed by atoms with Crippen molar-refractivity contribution in [2.75, 3.05) is 24.5 Å². The van der Waals surface area contributed by atoms with Crippen LogP contribution in [0.5, 0.6) is 0 Å². The lowest BCUT2D eigenvalue weighted by molar-refractivity contribution is 0.318. The second-order valence-corrected chi connectivity index (χ2v) is 5.37. The number of piperidine rings is 1. The molecule has 5 nitrogen and oxygen atoms in total. The third-order valence-corrected chi connectivity index (χ3v) is 4.29. The van der Waals surface area contributed by atoms with Crippen LogP contribution < -0.4 is 10.2 Å². The number of hydrogen-bond donors (Lipinski definition) is 1. The normalized spacial score (nSPS) is 24.4. The Hall–Kier alpha value is -1.67. The molecule has 3 rings (SSSR count). The predicted molar refractivity (Wildman–Crippen MR) is 72.7 cm³/mol. The van der Waals surface area contributed by atoms with E-state index in [2.05, 4.69) is 26.3 Å². The van der Waals surface area contributed by atoms with Crippen LogP contribution in [-0.4, -0.2) is 35.6 Å². The number of hydrogen-bond acceptors (Lipinski definition) is 5. The number of aromatic nitrogens is 2. The third-order valence-electron chi connectivity index (χ3n) is 4.29. The van der Waals surface area contributed by atoms with E-state index in [0.717, 1.165) is 24.8 Å². The maximum Gasteiger partial charge on any atom is 0.183 e. The summed E-state index contributed by atoms with van der Waals surface area (Å²) in [6.45, 7) is 3.14. The van der Waals surface area contributed by atoms with Crippen molar-refractivity contribution < 1.29 is 0 Å². The minimum atomic E-state index is 0.444. The van der Waals surface area contributed by atoms with Gasteiger partial charge in [-0.2, -0.15) is 5.26 Å². The largest absolute Gasteiger partial charge is 0.354 e. The average Bonchev–Trinajstić information content (AvgIpc) is 3.02. The molecule has 19 heavy (non-hydrogen) atoms. The fourth-order valence-electron chi connectivity index (χ4n) is 3.27. The Kier molecular flexibility index (Phi) is 3.60. The standard InChI is InChI=1S/C14H19N5/c15-10-13-14(18-7-6-17-13)19-8-3-11(4-9-19)12-2-1-5-16-12/h6-7,11-12,16H,1-5,8-9H2. The second-order valence-electron chi connectivity index (χ2n) is 5.37. The lowest BCUT2D eigenvalue weighted by atomic mass is 9.88. The second kappa shape index (κ2) is 5.54. The topological polar surface area (TPSA) is 64.8 Å². The third kappa shape index (κ3) is 2.54. The Balaban J connectivity index is 1.65. The molecule has 0 radical (unpaired) electrons. The lowest BCUT2D eigenvalue weighted by Gasteiger charge is -2.35. The van der Waals surface area contributed by atoms with Crippen molar-refractivity contribution in [2.24, 2.45) is 5.92 Å². The molecule has 1 unspecified atom stereocenters. The molecule has 0 amide bonds. The summed E-state index contributed by atoms with van der Waals surface area (Å²) in [5.41, 5.74) is 0.444. The van der Waals surface area contributed by atoms with E-state index in [0.29, 0.717) is 11.7 Å². The molecular weight excluding hydrogens is 238 g/mol. The van der Waals surface area contributed by atoms with Crippen LogP contribution in [-0.2, 0) is 0 Å². The van der Waals surface area contributed by atoms with Gasteiger partial charge in [0.2, 0.25) is 0 Å². The van der Waals surface area contributed by atoms with Crippen molar-refractivity contribution in [3.63, 3.8) is 0 Å². The smallest absolute Gasteiger partial charge is 0.183 e. The summed E-state index contributed by atoms with van der Waals surface area (Å²) in [5, 5.41) is 12.7. The number of nitrogens with zero attached hydrogens (tertiary/aromatic N) is 4. The van der Waals surface area contributed by atoms with Gasteiger partial charge in [0.05, 0.1) is 0 Å². The first-order valence-corrected chi connectivity index (χ1v) is 7.08. The number of nitriles is 1. The van der Waals surface area contributed by atoms with E-state index in [-0.39, 0.29) is 0 Å². The highest BCUT2D eigenvalue weighted by Crippen LogP contribution is 2.28. The summed E-state index contributed by atoms with van der Waals surface area (Å²) in [4.78, 5) is 10.6. The van der Waals surface area contributed by atoms with Crippen molar-refractivity contribution in [3.8, 4) is 6.07 Å². The minimum absolute atomic E-state index is 0.444. The molecule has 1 aromatic heterocycles. The van der Waals surface area contributed by atoms with Gasteiger partial charge in [-0.05, 0) is 38.1 Å². The fourth-order valence-corrected chi connectivity index (χ4v) is 3.27. The molecule has 2 saturated heterocycles. The van der Waals surface area contributed by atoms with E-state index in [1.807, 2.05) is 0 Å². The number of rotatable bonds is 2. The van der Waals surface area contributed by atoms with Gasteiger partial charge in [0.1, 0.15) is 6.07 Å². The van der Waals surface area contributed by atoms with E-state index in [4.69, 9.17) is 5.26 Å². The SMILES string of the molecule is N#Cc1nccnc1N1CCC(C2CCCN2)CC1. The highest BCUT2D eigenvalue weighted by Gasteiger charge is 2.29. The van der Waals surface area contributed by atoms with Crippen molar-refractivity contribution in [3.05, 3.63) is 18.1 Å². The Bertz CT molecular complexity index is 467.